The monoisotopic (exact) mass is 413 g/mol. The molecular formula is C27H28NOP. The predicted molar refractivity (Wildman–Crippen MR) is 131 cm³/mol. The Morgan fingerprint density at radius 3 is 2.63 bits per heavy atom. The molecule has 30 heavy (non-hydrogen) atoms. The zero-order chi connectivity index (χ0) is 20.8. The molecule has 0 aromatic heterocycles. The number of aryl methyl sites for hydroxylation is 1. The highest BCUT2D eigenvalue weighted by Crippen LogP contribution is 2.25. The summed E-state index contributed by atoms with van der Waals surface area (Å²) in [6, 6.07) is 23.0. The molecule has 0 amide bonds. The van der Waals surface area contributed by atoms with Crippen LogP contribution in [0.1, 0.15) is 23.1 Å². The fourth-order valence-electron chi connectivity index (χ4n) is 3.79. The van der Waals surface area contributed by atoms with Crippen molar-refractivity contribution in [1.82, 2.24) is 0 Å². The first-order valence-corrected chi connectivity index (χ1v) is 11.5. The van der Waals surface area contributed by atoms with E-state index < -0.39 is 0 Å². The van der Waals surface area contributed by atoms with Crippen molar-refractivity contribution in [2.24, 2.45) is 5.92 Å². The van der Waals surface area contributed by atoms with Crippen LogP contribution in [0.3, 0.4) is 0 Å². The van der Waals surface area contributed by atoms with E-state index in [1.165, 1.54) is 22.0 Å². The molecule has 2 N–H and O–H groups in total. The average Bonchev–Trinajstić information content (AvgIpc) is 2.77. The highest BCUT2D eigenvalue weighted by molar-refractivity contribution is 7.55. The van der Waals surface area contributed by atoms with Crippen LogP contribution in [0.4, 0.5) is 5.69 Å². The van der Waals surface area contributed by atoms with E-state index in [0.717, 1.165) is 30.4 Å². The Hall–Kier alpha value is -2.83. The Bertz CT molecular complexity index is 1060. The standard InChI is InChI=1S/C27H28NOP/c1-20-12-15-26(23(16-20)19-28-24-10-6-3-7-11-24)30-27-18-22(13-14-25(27)29)17-21-8-4-2-5-9-21/h2-8,10-16,18,21,28-30H,9,17,19H2,1H3. The fourth-order valence-corrected chi connectivity index (χ4v) is 5.03. The van der Waals surface area contributed by atoms with Crippen LogP contribution in [-0.2, 0) is 13.0 Å². The Morgan fingerprint density at radius 2 is 1.83 bits per heavy atom. The SMILES string of the molecule is Cc1ccc(Pc2cc(CC3C=CC=CC3)ccc2O)c(CNc2ccccc2)c1. The first-order chi connectivity index (χ1) is 14.7. The first-order valence-electron chi connectivity index (χ1n) is 10.5. The van der Waals surface area contributed by atoms with Crippen molar-refractivity contribution in [3.8, 4) is 5.75 Å². The molecule has 0 radical (unpaired) electrons. The van der Waals surface area contributed by atoms with Crippen LogP contribution in [0.2, 0.25) is 0 Å². The lowest BCUT2D eigenvalue weighted by Crippen LogP contribution is -2.14. The second kappa shape index (κ2) is 9.78. The second-order valence-electron chi connectivity index (χ2n) is 7.87. The van der Waals surface area contributed by atoms with Crippen molar-refractivity contribution in [3.63, 3.8) is 0 Å². The number of phenolic OH excluding ortho intramolecular Hbond substituents is 1. The van der Waals surface area contributed by atoms with E-state index in [9.17, 15) is 5.11 Å². The zero-order valence-electron chi connectivity index (χ0n) is 17.3. The minimum Gasteiger partial charge on any atom is -0.507 e. The summed E-state index contributed by atoms with van der Waals surface area (Å²) >= 11 is 0. The predicted octanol–water partition coefficient (Wildman–Crippen LogP) is 5.62. The summed E-state index contributed by atoms with van der Waals surface area (Å²) < 4.78 is 0. The van der Waals surface area contributed by atoms with Gasteiger partial charge in [-0.3, -0.25) is 0 Å². The van der Waals surface area contributed by atoms with E-state index in [4.69, 9.17) is 0 Å². The molecule has 0 aliphatic heterocycles. The molecule has 1 aliphatic rings. The molecule has 3 aromatic rings. The summed E-state index contributed by atoms with van der Waals surface area (Å²) in [7, 11) is 0.425. The summed E-state index contributed by atoms with van der Waals surface area (Å²) in [4.78, 5) is 0. The molecule has 4 rings (SSSR count). The van der Waals surface area contributed by atoms with Crippen LogP contribution in [0.25, 0.3) is 0 Å². The normalized spacial score (nSPS) is 15.7. The van der Waals surface area contributed by atoms with Crippen LogP contribution in [0.5, 0.6) is 5.75 Å². The third-order valence-electron chi connectivity index (χ3n) is 5.41. The number of anilines is 1. The largest absolute Gasteiger partial charge is 0.507 e. The van der Waals surface area contributed by atoms with Gasteiger partial charge in [-0.2, -0.15) is 0 Å². The Morgan fingerprint density at radius 1 is 0.967 bits per heavy atom. The van der Waals surface area contributed by atoms with Gasteiger partial charge in [-0.05, 0) is 66.4 Å². The van der Waals surface area contributed by atoms with Crippen molar-refractivity contribution in [2.45, 2.75) is 26.3 Å². The average molecular weight is 414 g/mol. The van der Waals surface area contributed by atoms with Gasteiger partial charge in [0.1, 0.15) is 5.75 Å². The Balaban J connectivity index is 1.52. The molecule has 2 atom stereocenters. The van der Waals surface area contributed by atoms with Crippen molar-refractivity contribution in [3.05, 3.63) is 108 Å². The molecule has 0 bridgehead atoms. The van der Waals surface area contributed by atoms with Gasteiger partial charge in [-0.1, -0.05) is 80.9 Å². The van der Waals surface area contributed by atoms with E-state index >= 15 is 0 Å². The first kappa shape index (κ1) is 20.4. The molecule has 2 unspecified atom stereocenters. The van der Waals surface area contributed by atoms with E-state index in [1.54, 1.807) is 0 Å². The number of allylic oxidation sites excluding steroid dienone is 4. The van der Waals surface area contributed by atoms with Crippen LogP contribution in [-0.4, -0.2) is 5.11 Å². The van der Waals surface area contributed by atoms with Gasteiger partial charge in [-0.25, -0.2) is 0 Å². The van der Waals surface area contributed by atoms with Gasteiger partial charge < -0.3 is 10.4 Å². The summed E-state index contributed by atoms with van der Waals surface area (Å²) in [5.41, 5.74) is 4.94. The summed E-state index contributed by atoms with van der Waals surface area (Å²) in [5, 5.41) is 16.3. The summed E-state index contributed by atoms with van der Waals surface area (Å²) in [6.45, 7) is 2.90. The van der Waals surface area contributed by atoms with Gasteiger partial charge in [0.2, 0.25) is 0 Å². The summed E-state index contributed by atoms with van der Waals surface area (Å²) in [6.07, 6.45) is 10.9. The second-order valence-corrected chi connectivity index (χ2v) is 9.20. The lowest BCUT2D eigenvalue weighted by atomic mass is 9.93. The van der Waals surface area contributed by atoms with Crippen molar-refractivity contribution in [1.29, 1.82) is 0 Å². The van der Waals surface area contributed by atoms with Gasteiger partial charge in [-0.15, -0.1) is 0 Å². The smallest absolute Gasteiger partial charge is 0.123 e. The van der Waals surface area contributed by atoms with Gasteiger partial charge in [0.05, 0.1) is 0 Å². The molecule has 0 heterocycles. The molecule has 0 spiro atoms. The molecule has 152 valence electrons. The number of phenols is 1. The van der Waals surface area contributed by atoms with E-state index in [-0.39, 0.29) is 0 Å². The number of hydrogen-bond donors (Lipinski definition) is 2. The summed E-state index contributed by atoms with van der Waals surface area (Å²) in [5.74, 6) is 0.930. The lowest BCUT2D eigenvalue weighted by Gasteiger charge is -2.16. The molecular weight excluding hydrogens is 385 g/mol. The molecule has 0 saturated carbocycles. The molecule has 1 aliphatic carbocycles. The fraction of sp³-hybridized carbons (Fsp3) is 0.185. The third-order valence-corrected chi connectivity index (χ3v) is 6.84. The zero-order valence-corrected chi connectivity index (χ0v) is 18.3. The van der Waals surface area contributed by atoms with Crippen LogP contribution < -0.4 is 15.9 Å². The highest BCUT2D eigenvalue weighted by atomic mass is 31.1. The van der Waals surface area contributed by atoms with Gasteiger partial charge in [0.25, 0.3) is 0 Å². The number of para-hydroxylation sites is 1. The van der Waals surface area contributed by atoms with E-state index in [2.05, 4.69) is 79.0 Å². The van der Waals surface area contributed by atoms with Crippen LogP contribution >= 0.6 is 8.58 Å². The molecule has 0 fully saturated rings. The number of benzene rings is 3. The molecule has 3 aromatic carbocycles. The number of aromatic hydroxyl groups is 1. The third kappa shape index (κ3) is 5.40. The van der Waals surface area contributed by atoms with Crippen molar-refractivity contribution >= 4 is 24.9 Å². The number of rotatable bonds is 7. The van der Waals surface area contributed by atoms with Gasteiger partial charge in [0, 0.05) is 17.5 Å². The van der Waals surface area contributed by atoms with Crippen molar-refractivity contribution in [2.75, 3.05) is 5.32 Å². The molecule has 3 heteroatoms. The molecule has 2 nitrogen and oxygen atoms in total. The maximum absolute atomic E-state index is 10.5. The topological polar surface area (TPSA) is 32.3 Å². The van der Waals surface area contributed by atoms with Gasteiger partial charge in [0.15, 0.2) is 0 Å². The Labute approximate surface area is 181 Å². The van der Waals surface area contributed by atoms with Crippen LogP contribution in [0, 0.1) is 12.8 Å². The highest BCUT2D eigenvalue weighted by Gasteiger charge is 2.11. The Kier molecular flexibility index (Phi) is 6.67. The maximum atomic E-state index is 10.5. The quantitative estimate of drug-likeness (QED) is 0.493. The number of nitrogens with one attached hydrogen (secondary N) is 1. The van der Waals surface area contributed by atoms with E-state index in [1.807, 2.05) is 24.3 Å². The minimum atomic E-state index is 0.388. The molecule has 0 saturated heterocycles. The lowest BCUT2D eigenvalue weighted by molar-refractivity contribution is 0.479. The van der Waals surface area contributed by atoms with Crippen molar-refractivity contribution < 1.29 is 5.11 Å². The number of hydrogen-bond acceptors (Lipinski definition) is 2. The van der Waals surface area contributed by atoms with Crippen LogP contribution in [0.15, 0.2) is 91.0 Å². The minimum absolute atomic E-state index is 0.388. The van der Waals surface area contributed by atoms with Gasteiger partial charge >= 0.3 is 0 Å². The maximum Gasteiger partial charge on any atom is 0.123 e. The van der Waals surface area contributed by atoms with E-state index in [0.29, 0.717) is 20.2 Å².